The Labute approximate surface area is 169 Å². The standard InChI is InChI=1S/C23H27F3N2O/c1-15-5-4-7-17(13-15)19-11-9-16(10-12-21(19)27)22(29)28-14-18-6-2-3-8-20(18)23(24,25)26/h2-8,13,16,19,21H,9-12,14,27H2,1H3,(H,28,29)/t16-,19?,21-/m1/s1. The summed E-state index contributed by atoms with van der Waals surface area (Å²) in [6, 6.07) is 13.6. The van der Waals surface area contributed by atoms with Gasteiger partial charge in [-0.05, 0) is 55.7 Å². The Balaban J connectivity index is 1.63. The molecule has 6 heteroatoms. The zero-order chi connectivity index (χ0) is 21.0. The van der Waals surface area contributed by atoms with Gasteiger partial charge in [-0.15, -0.1) is 0 Å². The van der Waals surface area contributed by atoms with Crippen LogP contribution in [0.3, 0.4) is 0 Å². The molecule has 1 aliphatic rings. The second kappa shape index (κ2) is 8.99. The lowest BCUT2D eigenvalue weighted by Gasteiger charge is -2.22. The van der Waals surface area contributed by atoms with Crippen molar-refractivity contribution >= 4 is 5.91 Å². The number of alkyl halides is 3. The van der Waals surface area contributed by atoms with Crippen LogP contribution in [0.1, 0.15) is 53.9 Å². The molecule has 1 unspecified atom stereocenters. The molecule has 1 fully saturated rings. The largest absolute Gasteiger partial charge is 0.416 e. The van der Waals surface area contributed by atoms with E-state index in [1.54, 1.807) is 6.07 Å². The molecule has 1 aliphatic carbocycles. The van der Waals surface area contributed by atoms with Crippen molar-refractivity contribution in [2.24, 2.45) is 11.7 Å². The maximum atomic E-state index is 13.1. The Bertz CT molecular complexity index is 850. The molecule has 0 aromatic heterocycles. The Morgan fingerprint density at radius 3 is 2.52 bits per heavy atom. The molecular weight excluding hydrogens is 377 g/mol. The first-order valence-electron chi connectivity index (χ1n) is 10.0. The third-order valence-corrected chi connectivity index (χ3v) is 5.81. The summed E-state index contributed by atoms with van der Waals surface area (Å²) in [4.78, 5) is 12.7. The van der Waals surface area contributed by atoms with E-state index in [0.717, 1.165) is 18.9 Å². The average molecular weight is 404 g/mol. The van der Waals surface area contributed by atoms with Gasteiger partial charge in [0.2, 0.25) is 5.91 Å². The van der Waals surface area contributed by atoms with Gasteiger partial charge in [0.15, 0.2) is 0 Å². The number of nitrogens with one attached hydrogen (secondary N) is 1. The van der Waals surface area contributed by atoms with Crippen molar-refractivity contribution in [3.8, 4) is 0 Å². The molecule has 3 rings (SSSR count). The summed E-state index contributed by atoms with van der Waals surface area (Å²) in [7, 11) is 0. The average Bonchev–Trinajstić information content (AvgIpc) is 2.87. The normalized spacial score (nSPS) is 22.7. The number of rotatable bonds is 4. The van der Waals surface area contributed by atoms with Crippen molar-refractivity contribution in [1.82, 2.24) is 5.32 Å². The monoisotopic (exact) mass is 404 g/mol. The Kier molecular flexibility index (Phi) is 6.63. The summed E-state index contributed by atoms with van der Waals surface area (Å²) in [5, 5.41) is 2.71. The fraction of sp³-hybridized carbons (Fsp3) is 0.435. The number of carbonyl (C=O) groups is 1. The number of amides is 1. The second-order valence-electron chi connectivity index (χ2n) is 7.91. The van der Waals surface area contributed by atoms with Gasteiger partial charge in [0.25, 0.3) is 0 Å². The summed E-state index contributed by atoms with van der Waals surface area (Å²) in [5.41, 5.74) is 8.14. The highest BCUT2D eigenvalue weighted by Gasteiger charge is 2.33. The van der Waals surface area contributed by atoms with E-state index < -0.39 is 11.7 Å². The molecule has 0 aliphatic heterocycles. The predicted octanol–water partition coefficient (Wildman–Crippen LogP) is 4.93. The van der Waals surface area contributed by atoms with Crippen molar-refractivity contribution in [1.29, 1.82) is 0 Å². The number of carbonyl (C=O) groups excluding carboxylic acids is 1. The van der Waals surface area contributed by atoms with Gasteiger partial charge in [-0.25, -0.2) is 0 Å². The van der Waals surface area contributed by atoms with E-state index in [9.17, 15) is 18.0 Å². The van der Waals surface area contributed by atoms with E-state index in [0.29, 0.717) is 12.8 Å². The van der Waals surface area contributed by atoms with Crippen LogP contribution in [0.2, 0.25) is 0 Å². The van der Waals surface area contributed by atoms with Gasteiger partial charge in [0.05, 0.1) is 5.56 Å². The van der Waals surface area contributed by atoms with Gasteiger partial charge in [-0.2, -0.15) is 13.2 Å². The van der Waals surface area contributed by atoms with E-state index in [4.69, 9.17) is 5.73 Å². The van der Waals surface area contributed by atoms with Crippen LogP contribution in [0.15, 0.2) is 48.5 Å². The van der Waals surface area contributed by atoms with E-state index in [1.165, 1.54) is 23.3 Å². The predicted molar refractivity (Wildman–Crippen MR) is 107 cm³/mol. The lowest BCUT2D eigenvalue weighted by molar-refractivity contribution is -0.138. The smallest absolute Gasteiger partial charge is 0.352 e. The molecule has 0 spiro atoms. The molecule has 156 valence electrons. The molecule has 0 saturated heterocycles. The Morgan fingerprint density at radius 2 is 1.79 bits per heavy atom. The van der Waals surface area contributed by atoms with Crippen LogP contribution < -0.4 is 11.1 Å². The maximum Gasteiger partial charge on any atom is 0.416 e. The highest BCUT2D eigenvalue weighted by Crippen LogP contribution is 2.34. The van der Waals surface area contributed by atoms with Crippen molar-refractivity contribution in [2.75, 3.05) is 0 Å². The summed E-state index contributed by atoms with van der Waals surface area (Å²) >= 11 is 0. The van der Waals surface area contributed by atoms with Crippen LogP contribution >= 0.6 is 0 Å². The van der Waals surface area contributed by atoms with Crippen molar-refractivity contribution < 1.29 is 18.0 Å². The Morgan fingerprint density at radius 1 is 1.07 bits per heavy atom. The molecule has 3 atom stereocenters. The summed E-state index contributed by atoms with van der Waals surface area (Å²) < 4.78 is 39.4. The zero-order valence-electron chi connectivity index (χ0n) is 16.5. The van der Waals surface area contributed by atoms with Crippen molar-refractivity contribution in [3.63, 3.8) is 0 Å². The summed E-state index contributed by atoms with van der Waals surface area (Å²) in [6.07, 6.45) is -1.59. The number of halogens is 3. The first-order valence-corrected chi connectivity index (χ1v) is 10.0. The van der Waals surface area contributed by atoms with Crippen LogP contribution in [0.4, 0.5) is 13.2 Å². The molecule has 1 saturated carbocycles. The van der Waals surface area contributed by atoms with E-state index >= 15 is 0 Å². The fourth-order valence-corrected chi connectivity index (χ4v) is 4.19. The summed E-state index contributed by atoms with van der Waals surface area (Å²) in [6.45, 7) is 1.92. The molecule has 0 radical (unpaired) electrons. The molecule has 2 aromatic carbocycles. The minimum atomic E-state index is -4.43. The number of nitrogens with two attached hydrogens (primary N) is 1. The lowest BCUT2D eigenvalue weighted by atomic mass is 9.87. The molecule has 3 nitrogen and oxygen atoms in total. The minimum absolute atomic E-state index is 0.0273. The first kappa shape index (κ1) is 21.4. The molecule has 0 bridgehead atoms. The van der Waals surface area contributed by atoms with Crippen LogP contribution in [0, 0.1) is 12.8 Å². The van der Waals surface area contributed by atoms with E-state index in [-0.39, 0.29) is 35.9 Å². The topological polar surface area (TPSA) is 55.1 Å². The van der Waals surface area contributed by atoms with Crippen molar-refractivity contribution in [2.45, 2.75) is 57.3 Å². The highest BCUT2D eigenvalue weighted by molar-refractivity contribution is 5.78. The van der Waals surface area contributed by atoms with E-state index in [2.05, 4.69) is 17.4 Å². The minimum Gasteiger partial charge on any atom is -0.352 e. The molecule has 0 heterocycles. The van der Waals surface area contributed by atoms with Crippen LogP contribution in [-0.2, 0) is 17.5 Å². The zero-order valence-corrected chi connectivity index (χ0v) is 16.5. The number of aryl methyl sites for hydroxylation is 1. The van der Waals surface area contributed by atoms with Gasteiger partial charge in [-0.3, -0.25) is 4.79 Å². The quantitative estimate of drug-likeness (QED) is 0.710. The molecular formula is C23H27F3N2O. The third kappa shape index (κ3) is 5.38. The second-order valence-corrected chi connectivity index (χ2v) is 7.91. The van der Waals surface area contributed by atoms with Gasteiger partial charge in [0.1, 0.15) is 0 Å². The van der Waals surface area contributed by atoms with Gasteiger partial charge >= 0.3 is 6.18 Å². The first-order chi connectivity index (χ1) is 13.8. The Hall–Kier alpha value is -2.34. The van der Waals surface area contributed by atoms with Crippen molar-refractivity contribution in [3.05, 3.63) is 70.8 Å². The SMILES string of the molecule is Cc1cccc(C2CC[C@@H](C(=O)NCc3ccccc3C(F)(F)F)CC[C@H]2N)c1. The number of hydrogen-bond acceptors (Lipinski definition) is 2. The van der Waals surface area contributed by atoms with Crippen LogP contribution in [0.25, 0.3) is 0 Å². The maximum absolute atomic E-state index is 13.1. The highest BCUT2D eigenvalue weighted by atomic mass is 19.4. The number of hydrogen-bond donors (Lipinski definition) is 2. The van der Waals surface area contributed by atoms with Gasteiger partial charge < -0.3 is 11.1 Å². The molecule has 3 N–H and O–H groups in total. The van der Waals surface area contributed by atoms with Crippen LogP contribution in [-0.4, -0.2) is 11.9 Å². The number of benzene rings is 2. The van der Waals surface area contributed by atoms with Gasteiger partial charge in [0, 0.05) is 18.5 Å². The molecule has 1 amide bonds. The van der Waals surface area contributed by atoms with E-state index in [1.807, 2.05) is 19.1 Å². The fourth-order valence-electron chi connectivity index (χ4n) is 4.19. The molecule has 29 heavy (non-hydrogen) atoms. The van der Waals surface area contributed by atoms with Crippen LogP contribution in [0.5, 0.6) is 0 Å². The molecule has 2 aromatic rings. The van der Waals surface area contributed by atoms with Gasteiger partial charge in [-0.1, -0.05) is 48.0 Å². The summed E-state index contributed by atoms with van der Waals surface area (Å²) in [5.74, 6) is -0.230. The third-order valence-electron chi connectivity index (χ3n) is 5.81. The lowest BCUT2D eigenvalue weighted by Crippen LogP contribution is -2.31.